The van der Waals surface area contributed by atoms with Gasteiger partial charge in [-0.05, 0) is 62.3 Å². The van der Waals surface area contributed by atoms with Gasteiger partial charge in [-0.2, -0.15) is 0 Å². The van der Waals surface area contributed by atoms with Crippen molar-refractivity contribution in [2.75, 3.05) is 32.1 Å². The second-order valence-corrected chi connectivity index (χ2v) is 7.60. The number of anilines is 1. The summed E-state index contributed by atoms with van der Waals surface area (Å²) in [7, 11) is 3.82. The number of benzene rings is 2. The summed E-state index contributed by atoms with van der Waals surface area (Å²) >= 11 is 0. The molecule has 2 aromatic rings. The molecular formula is C23H26N2O2. The van der Waals surface area contributed by atoms with Gasteiger partial charge in [-0.1, -0.05) is 29.8 Å². The molecule has 2 aromatic carbocycles. The first-order valence-corrected chi connectivity index (χ1v) is 9.51. The van der Waals surface area contributed by atoms with E-state index in [4.69, 9.17) is 4.74 Å². The molecule has 0 saturated carbocycles. The van der Waals surface area contributed by atoms with E-state index >= 15 is 0 Å². The second kappa shape index (κ2) is 7.20. The van der Waals surface area contributed by atoms with Crippen LogP contribution in [0.15, 0.2) is 48.5 Å². The number of nitrogens with zero attached hydrogens (tertiary/aromatic N) is 2. The van der Waals surface area contributed by atoms with Gasteiger partial charge in [0.1, 0.15) is 5.75 Å². The summed E-state index contributed by atoms with van der Waals surface area (Å²) in [6.45, 7) is 4.16. The van der Waals surface area contributed by atoms with E-state index in [-0.39, 0.29) is 11.9 Å². The van der Waals surface area contributed by atoms with Gasteiger partial charge in [0.25, 0.3) is 5.91 Å². The summed E-state index contributed by atoms with van der Waals surface area (Å²) in [5, 5.41) is 0. The molecule has 0 aliphatic carbocycles. The predicted molar refractivity (Wildman–Crippen MR) is 109 cm³/mol. The van der Waals surface area contributed by atoms with Crippen molar-refractivity contribution < 1.29 is 9.53 Å². The highest BCUT2D eigenvalue weighted by atomic mass is 16.5. The van der Waals surface area contributed by atoms with Gasteiger partial charge in [-0.25, -0.2) is 0 Å². The number of carbonyl (C=O) groups excluding carboxylic acids is 1. The fraction of sp³-hybridized carbons (Fsp3) is 0.348. The van der Waals surface area contributed by atoms with Crippen molar-refractivity contribution in [3.63, 3.8) is 0 Å². The third-order valence-corrected chi connectivity index (χ3v) is 5.72. The predicted octanol–water partition coefficient (Wildman–Crippen LogP) is 3.85. The maximum Gasteiger partial charge on any atom is 0.251 e. The van der Waals surface area contributed by atoms with Crippen molar-refractivity contribution in [2.45, 2.75) is 25.3 Å². The largest absolute Gasteiger partial charge is 0.497 e. The van der Waals surface area contributed by atoms with Crippen LogP contribution in [-0.2, 0) is 4.79 Å². The number of piperidine rings is 1. The van der Waals surface area contributed by atoms with E-state index in [0.29, 0.717) is 5.92 Å². The van der Waals surface area contributed by atoms with Gasteiger partial charge in [0.15, 0.2) is 0 Å². The van der Waals surface area contributed by atoms with Gasteiger partial charge in [-0.15, -0.1) is 0 Å². The summed E-state index contributed by atoms with van der Waals surface area (Å²) < 4.78 is 5.19. The summed E-state index contributed by atoms with van der Waals surface area (Å²) in [5.74, 6) is 1.28. The molecule has 4 rings (SSSR count). The number of carbonyl (C=O) groups is 1. The highest BCUT2D eigenvalue weighted by Crippen LogP contribution is 2.45. The number of hydrogen-bond donors (Lipinski definition) is 0. The molecule has 4 heteroatoms. The van der Waals surface area contributed by atoms with Gasteiger partial charge >= 0.3 is 0 Å². The van der Waals surface area contributed by atoms with E-state index in [1.54, 1.807) is 13.2 Å². The van der Waals surface area contributed by atoms with Crippen molar-refractivity contribution in [3.8, 4) is 5.75 Å². The molecule has 2 aliphatic rings. The molecule has 1 saturated heterocycles. The Kier molecular flexibility index (Phi) is 4.75. The highest BCUT2D eigenvalue weighted by Gasteiger charge is 2.43. The molecule has 0 radical (unpaired) electrons. The smallest absolute Gasteiger partial charge is 0.251 e. The lowest BCUT2D eigenvalue weighted by atomic mass is 9.89. The van der Waals surface area contributed by atoms with Crippen LogP contribution in [0.4, 0.5) is 5.69 Å². The number of ether oxygens (including phenoxy) is 1. The summed E-state index contributed by atoms with van der Waals surface area (Å²) in [4.78, 5) is 17.5. The van der Waals surface area contributed by atoms with Crippen LogP contribution >= 0.6 is 0 Å². The molecule has 27 heavy (non-hydrogen) atoms. The molecule has 2 atom stereocenters. The fourth-order valence-electron chi connectivity index (χ4n) is 4.33. The van der Waals surface area contributed by atoms with Crippen molar-refractivity contribution in [2.24, 2.45) is 0 Å². The highest BCUT2D eigenvalue weighted by molar-refractivity contribution is 6.06. The number of likely N-dealkylation sites (tertiary alicyclic amines) is 1. The lowest BCUT2D eigenvalue weighted by molar-refractivity contribution is -0.114. The van der Waals surface area contributed by atoms with E-state index < -0.39 is 0 Å². The lowest BCUT2D eigenvalue weighted by Crippen LogP contribution is -2.46. The second-order valence-electron chi connectivity index (χ2n) is 7.60. The standard InChI is InChI=1S/C23H26N2O2/c1-16-4-10-21-19(14-16)20-15-24(2)13-12-22(20)25(21)23(26)11-7-17-5-8-18(27-3)9-6-17/h4-11,14,20,22H,12-13,15H2,1-3H3/b11-7+/t20-,22+/m1/s1. The minimum absolute atomic E-state index is 0.0629. The molecule has 2 heterocycles. The monoisotopic (exact) mass is 362 g/mol. The fourth-order valence-corrected chi connectivity index (χ4v) is 4.33. The Morgan fingerprint density at radius 2 is 1.96 bits per heavy atom. The minimum Gasteiger partial charge on any atom is -0.497 e. The molecule has 0 aromatic heterocycles. The Hall–Kier alpha value is -2.59. The van der Waals surface area contributed by atoms with Gasteiger partial charge in [0, 0.05) is 30.3 Å². The van der Waals surface area contributed by atoms with E-state index in [1.165, 1.54) is 11.1 Å². The third kappa shape index (κ3) is 3.37. The van der Waals surface area contributed by atoms with Crippen LogP contribution < -0.4 is 9.64 Å². The zero-order chi connectivity index (χ0) is 19.0. The average molecular weight is 362 g/mol. The molecule has 4 nitrogen and oxygen atoms in total. The van der Waals surface area contributed by atoms with Crippen LogP contribution in [0.3, 0.4) is 0 Å². The topological polar surface area (TPSA) is 32.8 Å². The van der Waals surface area contributed by atoms with Crippen LogP contribution in [0, 0.1) is 6.92 Å². The van der Waals surface area contributed by atoms with Crippen LogP contribution in [0.25, 0.3) is 6.08 Å². The third-order valence-electron chi connectivity index (χ3n) is 5.72. The van der Waals surface area contributed by atoms with Gasteiger partial charge in [0.2, 0.25) is 0 Å². The SMILES string of the molecule is COc1ccc(/C=C/C(=O)N2c3ccc(C)cc3[C@H]3CN(C)CC[C@@H]32)cc1. The van der Waals surface area contributed by atoms with Gasteiger partial charge < -0.3 is 14.5 Å². The summed E-state index contributed by atoms with van der Waals surface area (Å²) in [6.07, 6.45) is 4.60. The number of fused-ring (bicyclic) bond motifs is 3. The van der Waals surface area contributed by atoms with Gasteiger partial charge in [-0.3, -0.25) is 4.79 Å². The number of hydrogen-bond acceptors (Lipinski definition) is 3. The van der Waals surface area contributed by atoms with E-state index in [9.17, 15) is 4.79 Å². The number of aryl methyl sites for hydroxylation is 1. The number of rotatable bonds is 3. The molecular weight excluding hydrogens is 336 g/mol. The van der Waals surface area contributed by atoms with Crippen LogP contribution in [-0.4, -0.2) is 44.1 Å². The molecule has 1 fully saturated rings. The average Bonchev–Trinajstić information content (AvgIpc) is 2.99. The normalized spacial score (nSPS) is 22.0. The Morgan fingerprint density at radius 3 is 2.70 bits per heavy atom. The van der Waals surface area contributed by atoms with Crippen LogP contribution in [0.2, 0.25) is 0 Å². The quantitative estimate of drug-likeness (QED) is 0.778. The molecule has 2 aliphatic heterocycles. The molecule has 0 unspecified atom stereocenters. The maximum absolute atomic E-state index is 13.1. The lowest BCUT2D eigenvalue weighted by Gasteiger charge is -2.36. The zero-order valence-corrected chi connectivity index (χ0v) is 16.2. The van der Waals surface area contributed by atoms with Crippen molar-refractivity contribution >= 4 is 17.7 Å². The first-order chi connectivity index (χ1) is 13.1. The Balaban J connectivity index is 1.61. The van der Waals surface area contributed by atoms with Crippen molar-refractivity contribution in [1.29, 1.82) is 0 Å². The Morgan fingerprint density at radius 1 is 1.19 bits per heavy atom. The first kappa shape index (κ1) is 17.8. The molecule has 0 bridgehead atoms. The van der Waals surface area contributed by atoms with Crippen molar-refractivity contribution in [1.82, 2.24) is 4.90 Å². The number of likely N-dealkylation sites (N-methyl/N-ethyl adjacent to an activating group) is 1. The maximum atomic E-state index is 13.1. The molecule has 140 valence electrons. The van der Waals surface area contributed by atoms with E-state index in [0.717, 1.165) is 36.5 Å². The minimum atomic E-state index is 0.0629. The molecule has 0 N–H and O–H groups in total. The Bertz CT molecular complexity index is 872. The molecule has 1 amide bonds. The zero-order valence-electron chi connectivity index (χ0n) is 16.2. The van der Waals surface area contributed by atoms with Crippen LogP contribution in [0.1, 0.15) is 29.0 Å². The summed E-state index contributed by atoms with van der Waals surface area (Å²) in [5.41, 5.74) is 4.64. The van der Waals surface area contributed by atoms with E-state index in [2.05, 4.69) is 37.1 Å². The van der Waals surface area contributed by atoms with Crippen LogP contribution in [0.5, 0.6) is 5.75 Å². The number of methoxy groups -OCH3 is 1. The first-order valence-electron chi connectivity index (χ1n) is 9.51. The number of amides is 1. The Labute approximate surface area is 161 Å². The molecule has 0 spiro atoms. The van der Waals surface area contributed by atoms with Crippen molar-refractivity contribution in [3.05, 3.63) is 65.2 Å². The van der Waals surface area contributed by atoms with E-state index in [1.807, 2.05) is 35.2 Å². The summed E-state index contributed by atoms with van der Waals surface area (Å²) in [6, 6.07) is 14.5. The van der Waals surface area contributed by atoms with Gasteiger partial charge in [0.05, 0.1) is 7.11 Å².